The van der Waals surface area contributed by atoms with Crippen molar-refractivity contribution in [2.24, 2.45) is 5.92 Å². The maximum atomic E-state index is 12.0. The summed E-state index contributed by atoms with van der Waals surface area (Å²) in [6.07, 6.45) is 2.13. The van der Waals surface area contributed by atoms with Crippen LogP contribution >= 0.6 is 11.6 Å². The second-order valence-corrected chi connectivity index (χ2v) is 6.73. The molecule has 28 heavy (non-hydrogen) atoms. The lowest BCUT2D eigenvalue weighted by atomic mass is 10.1. The molecule has 2 heterocycles. The summed E-state index contributed by atoms with van der Waals surface area (Å²) in [6.45, 7) is 0. The first-order valence-corrected chi connectivity index (χ1v) is 8.80. The first-order chi connectivity index (χ1) is 13.5. The monoisotopic (exact) mass is 389 g/mol. The highest BCUT2D eigenvalue weighted by Gasteiger charge is 2.39. The van der Waals surface area contributed by atoms with E-state index < -0.39 is 11.2 Å². The topological polar surface area (TPSA) is 115 Å². The standard InChI is InChI=1S/C20H12ClN5O2/c21-18-15(8-17(25-26-18)16-10-23-20(28)24-19(16)27)14-7-13(14)6-5-11-1-3-12(9-22)4-2-11/h1-4,8,10,13-14H,7H2,(H2,23,24,27,28). The second kappa shape index (κ2) is 7.15. The normalized spacial score (nSPS) is 17.3. The summed E-state index contributed by atoms with van der Waals surface area (Å²) >= 11 is 6.20. The number of rotatable bonds is 2. The van der Waals surface area contributed by atoms with Gasteiger partial charge in [0, 0.05) is 23.6 Å². The van der Waals surface area contributed by atoms with Gasteiger partial charge in [-0.2, -0.15) is 5.26 Å². The van der Waals surface area contributed by atoms with Gasteiger partial charge in [0.05, 0.1) is 17.2 Å². The molecule has 0 amide bonds. The van der Waals surface area contributed by atoms with Gasteiger partial charge >= 0.3 is 5.69 Å². The number of H-pyrrole nitrogens is 2. The van der Waals surface area contributed by atoms with Gasteiger partial charge in [-0.15, -0.1) is 10.2 Å². The number of halogens is 1. The van der Waals surface area contributed by atoms with Crippen LogP contribution in [-0.4, -0.2) is 20.2 Å². The van der Waals surface area contributed by atoms with Crippen LogP contribution in [0.15, 0.2) is 46.1 Å². The Bertz CT molecular complexity index is 1280. The van der Waals surface area contributed by atoms with E-state index in [1.807, 2.05) is 12.1 Å². The molecule has 0 saturated heterocycles. The number of aromatic amines is 2. The summed E-state index contributed by atoms with van der Waals surface area (Å²) in [5, 5.41) is 17.0. The summed E-state index contributed by atoms with van der Waals surface area (Å²) in [5.41, 5.74) is 1.62. The van der Waals surface area contributed by atoms with Crippen molar-refractivity contribution >= 4 is 11.6 Å². The van der Waals surface area contributed by atoms with E-state index in [2.05, 4.69) is 38.1 Å². The maximum absolute atomic E-state index is 12.0. The van der Waals surface area contributed by atoms with Crippen molar-refractivity contribution in [3.05, 3.63) is 79.2 Å². The van der Waals surface area contributed by atoms with E-state index in [1.165, 1.54) is 6.20 Å². The molecule has 1 aliphatic rings. The number of aromatic nitrogens is 4. The minimum absolute atomic E-state index is 0.106. The van der Waals surface area contributed by atoms with Gasteiger partial charge < -0.3 is 4.98 Å². The van der Waals surface area contributed by atoms with Crippen molar-refractivity contribution in [3.8, 4) is 29.2 Å². The summed E-state index contributed by atoms with van der Waals surface area (Å²) < 4.78 is 0. The molecule has 0 radical (unpaired) electrons. The largest absolute Gasteiger partial charge is 0.325 e. The first kappa shape index (κ1) is 17.7. The van der Waals surface area contributed by atoms with Crippen molar-refractivity contribution in [2.45, 2.75) is 12.3 Å². The zero-order valence-corrected chi connectivity index (χ0v) is 15.1. The van der Waals surface area contributed by atoms with Gasteiger partial charge in [-0.3, -0.25) is 9.78 Å². The van der Waals surface area contributed by atoms with Gasteiger partial charge in [0.2, 0.25) is 0 Å². The van der Waals surface area contributed by atoms with E-state index in [-0.39, 0.29) is 22.6 Å². The number of nitriles is 1. The summed E-state index contributed by atoms with van der Waals surface area (Å²) in [7, 11) is 0. The van der Waals surface area contributed by atoms with Gasteiger partial charge in [0.25, 0.3) is 5.56 Å². The molecule has 136 valence electrons. The molecule has 7 nitrogen and oxygen atoms in total. The molecular formula is C20H12ClN5O2. The number of hydrogen-bond acceptors (Lipinski definition) is 5. The van der Waals surface area contributed by atoms with Crippen molar-refractivity contribution in [1.29, 1.82) is 5.26 Å². The third-order valence-electron chi connectivity index (χ3n) is 4.48. The molecule has 1 saturated carbocycles. The van der Waals surface area contributed by atoms with Gasteiger partial charge in [0.15, 0.2) is 5.15 Å². The number of hydrogen-bond donors (Lipinski definition) is 2. The summed E-state index contributed by atoms with van der Waals surface area (Å²) in [6, 6.07) is 10.9. The molecule has 0 bridgehead atoms. The fourth-order valence-electron chi connectivity index (χ4n) is 2.89. The molecule has 2 aromatic heterocycles. The highest BCUT2D eigenvalue weighted by Crippen LogP contribution is 2.49. The Morgan fingerprint density at radius 2 is 1.89 bits per heavy atom. The predicted molar refractivity (Wildman–Crippen MR) is 103 cm³/mol. The fourth-order valence-corrected chi connectivity index (χ4v) is 3.12. The molecular weight excluding hydrogens is 378 g/mol. The van der Waals surface area contributed by atoms with E-state index in [0.717, 1.165) is 17.5 Å². The SMILES string of the molecule is N#Cc1ccc(C#CC2CC2c2cc(-c3c[nH]c(=O)[nH]c3=O)nnc2Cl)cc1. The quantitative estimate of drug-likeness (QED) is 0.652. The summed E-state index contributed by atoms with van der Waals surface area (Å²) in [5.74, 6) is 6.54. The van der Waals surface area contributed by atoms with Gasteiger partial charge in [-0.1, -0.05) is 23.4 Å². The van der Waals surface area contributed by atoms with E-state index >= 15 is 0 Å². The lowest BCUT2D eigenvalue weighted by molar-refractivity contribution is 0.953. The van der Waals surface area contributed by atoms with Crippen LogP contribution in [0.4, 0.5) is 0 Å². The van der Waals surface area contributed by atoms with E-state index in [0.29, 0.717) is 11.3 Å². The van der Waals surface area contributed by atoms with Gasteiger partial charge in [-0.05, 0) is 42.3 Å². The van der Waals surface area contributed by atoms with Gasteiger partial charge in [-0.25, -0.2) is 4.79 Å². The van der Waals surface area contributed by atoms with E-state index in [1.54, 1.807) is 18.2 Å². The zero-order chi connectivity index (χ0) is 19.7. The lowest BCUT2D eigenvalue weighted by Crippen LogP contribution is -2.23. The van der Waals surface area contributed by atoms with Crippen LogP contribution in [0.5, 0.6) is 0 Å². The van der Waals surface area contributed by atoms with Crippen molar-refractivity contribution in [3.63, 3.8) is 0 Å². The Hall–Kier alpha value is -3.68. The zero-order valence-electron chi connectivity index (χ0n) is 14.4. The smallest absolute Gasteiger partial charge is 0.313 e. The van der Waals surface area contributed by atoms with E-state index in [9.17, 15) is 9.59 Å². The van der Waals surface area contributed by atoms with Crippen LogP contribution in [0.2, 0.25) is 5.15 Å². The Labute approximate surface area is 164 Å². The molecule has 8 heteroatoms. The highest BCUT2D eigenvalue weighted by molar-refractivity contribution is 6.30. The molecule has 1 aliphatic carbocycles. The van der Waals surface area contributed by atoms with Crippen LogP contribution in [0, 0.1) is 29.1 Å². The highest BCUT2D eigenvalue weighted by atomic mass is 35.5. The molecule has 1 fully saturated rings. The minimum Gasteiger partial charge on any atom is -0.313 e. The van der Waals surface area contributed by atoms with Crippen molar-refractivity contribution in [2.75, 3.05) is 0 Å². The van der Waals surface area contributed by atoms with Crippen molar-refractivity contribution in [1.82, 2.24) is 20.2 Å². The fraction of sp³-hybridized carbons (Fsp3) is 0.150. The maximum Gasteiger partial charge on any atom is 0.325 e. The van der Waals surface area contributed by atoms with Crippen molar-refractivity contribution < 1.29 is 0 Å². The van der Waals surface area contributed by atoms with Crippen LogP contribution in [0.1, 0.15) is 29.0 Å². The third-order valence-corrected chi connectivity index (χ3v) is 4.77. The minimum atomic E-state index is -0.587. The van der Waals surface area contributed by atoms with Crippen LogP contribution in [0.3, 0.4) is 0 Å². The molecule has 0 aliphatic heterocycles. The molecule has 4 rings (SSSR count). The van der Waals surface area contributed by atoms with Crippen LogP contribution in [0.25, 0.3) is 11.3 Å². The Morgan fingerprint density at radius 3 is 2.61 bits per heavy atom. The lowest BCUT2D eigenvalue weighted by Gasteiger charge is -2.04. The molecule has 2 N–H and O–H groups in total. The number of benzene rings is 1. The van der Waals surface area contributed by atoms with E-state index in [4.69, 9.17) is 16.9 Å². The average Bonchev–Trinajstić information content (AvgIpc) is 3.47. The van der Waals surface area contributed by atoms with Gasteiger partial charge in [0.1, 0.15) is 5.69 Å². The molecule has 3 aromatic rings. The molecule has 1 aromatic carbocycles. The third kappa shape index (κ3) is 3.57. The second-order valence-electron chi connectivity index (χ2n) is 6.37. The first-order valence-electron chi connectivity index (χ1n) is 8.42. The average molecular weight is 390 g/mol. The Morgan fingerprint density at radius 1 is 1.14 bits per heavy atom. The molecule has 0 spiro atoms. The Kier molecular flexibility index (Phi) is 4.52. The van der Waals surface area contributed by atoms with Crippen LogP contribution in [-0.2, 0) is 0 Å². The molecule has 2 atom stereocenters. The molecule has 2 unspecified atom stereocenters. The summed E-state index contributed by atoms with van der Waals surface area (Å²) in [4.78, 5) is 27.7. The van der Waals surface area contributed by atoms with Crippen LogP contribution < -0.4 is 11.2 Å². The Balaban J connectivity index is 1.57. The predicted octanol–water partition coefficient (Wildman–Crippen LogP) is 2.20. The number of nitrogens with one attached hydrogen (secondary N) is 2. The number of nitrogens with zero attached hydrogens (tertiary/aromatic N) is 3.